The fourth-order valence-corrected chi connectivity index (χ4v) is 2.67. The number of ether oxygens (including phenoxy) is 1. The molecule has 1 heterocycles. The number of carbonyl (C=O) groups excluding carboxylic acids is 1. The zero-order valence-electron chi connectivity index (χ0n) is 11.2. The van der Waals surface area contributed by atoms with E-state index in [9.17, 15) is 9.59 Å². The van der Waals surface area contributed by atoms with Crippen molar-refractivity contribution in [2.24, 2.45) is 0 Å². The third-order valence-electron chi connectivity index (χ3n) is 3.04. The largest absolute Gasteiger partial charge is 0.478 e. The van der Waals surface area contributed by atoms with Crippen LogP contribution < -0.4 is 0 Å². The van der Waals surface area contributed by atoms with Gasteiger partial charge in [0.1, 0.15) is 0 Å². The Morgan fingerprint density at radius 3 is 2.90 bits per heavy atom. The summed E-state index contributed by atoms with van der Waals surface area (Å²) in [6, 6.07) is 2.06. The normalized spacial score (nSPS) is 14.7. The molecule has 1 aliphatic rings. The van der Waals surface area contributed by atoms with Crippen molar-refractivity contribution in [2.45, 2.75) is 18.9 Å². The molecule has 1 N–H and O–H groups in total. The quantitative estimate of drug-likeness (QED) is 0.782. The van der Waals surface area contributed by atoms with Gasteiger partial charge in [0.25, 0.3) is 5.91 Å². The minimum absolute atomic E-state index is 0.00391. The predicted octanol–water partition coefficient (Wildman–Crippen LogP) is 2.10. The van der Waals surface area contributed by atoms with E-state index in [1.807, 2.05) is 4.90 Å². The summed E-state index contributed by atoms with van der Waals surface area (Å²) in [5.74, 6) is -0.998. The van der Waals surface area contributed by atoms with Gasteiger partial charge in [0.15, 0.2) is 0 Å². The number of aliphatic carboxylic acids is 1. The topological polar surface area (TPSA) is 66.8 Å². The fraction of sp³-hybridized carbons (Fsp3) is 0.429. The summed E-state index contributed by atoms with van der Waals surface area (Å²) < 4.78 is 5.04. The van der Waals surface area contributed by atoms with Gasteiger partial charge in [0.2, 0.25) is 0 Å². The molecule has 0 saturated heterocycles. The van der Waals surface area contributed by atoms with E-state index in [-0.39, 0.29) is 5.91 Å². The Morgan fingerprint density at radius 1 is 1.55 bits per heavy atom. The number of carboxylic acid groups (broad SMARTS) is 1. The van der Waals surface area contributed by atoms with Crippen LogP contribution in [-0.4, -0.2) is 48.2 Å². The van der Waals surface area contributed by atoms with Gasteiger partial charge in [-0.3, -0.25) is 4.79 Å². The van der Waals surface area contributed by atoms with Crippen LogP contribution >= 0.6 is 11.3 Å². The molecule has 0 aliphatic heterocycles. The Morgan fingerprint density at radius 2 is 2.30 bits per heavy atom. The highest BCUT2D eigenvalue weighted by Gasteiger charge is 2.32. The van der Waals surface area contributed by atoms with Crippen LogP contribution in [0.3, 0.4) is 0 Å². The van der Waals surface area contributed by atoms with E-state index < -0.39 is 5.97 Å². The number of amides is 1. The second kappa shape index (κ2) is 6.67. The summed E-state index contributed by atoms with van der Waals surface area (Å²) in [6.45, 7) is 1.12. The monoisotopic (exact) mass is 295 g/mol. The van der Waals surface area contributed by atoms with Crippen LogP contribution in [0, 0.1) is 0 Å². The zero-order valence-corrected chi connectivity index (χ0v) is 12.1. The average Bonchev–Trinajstić information content (AvgIpc) is 3.14. The molecule has 1 aromatic rings. The minimum atomic E-state index is -0.994. The highest BCUT2D eigenvalue weighted by molar-refractivity contribution is 7.11. The molecule has 0 aromatic carbocycles. The van der Waals surface area contributed by atoms with E-state index >= 15 is 0 Å². The minimum Gasteiger partial charge on any atom is -0.478 e. The Bertz CT molecular complexity index is 519. The van der Waals surface area contributed by atoms with E-state index in [0.717, 1.165) is 23.8 Å². The van der Waals surface area contributed by atoms with Crippen LogP contribution in [0.1, 0.15) is 28.1 Å². The van der Waals surface area contributed by atoms with Gasteiger partial charge in [-0.1, -0.05) is 0 Å². The first-order valence-corrected chi connectivity index (χ1v) is 7.29. The SMILES string of the molecule is COCCN(C(=O)c1csc(C=CC(=O)O)c1)C1CC1. The molecule has 5 nitrogen and oxygen atoms in total. The molecule has 0 unspecified atom stereocenters. The van der Waals surface area contributed by atoms with Crippen LogP contribution in [0.25, 0.3) is 6.08 Å². The van der Waals surface area contributed by atoms with Crippen LogP contribution in [0.4, 0.5) is 0 Å². The van der Waals surface area contributed by atoms with Gasteiger partial charge in [-0.2, -0.15) is 0 Å². The summed E-state index contributed by atoms with van der Waals surface area (Å²) in [4.78, 5) is 25.5. The maximum absolute atomic E-state index is 12.4. The summed E-state index contributed by atoms with van der Waals surface area (Å²) in [6.07, 6.45) is 4.67. The first-order valence-electron chi connectivity index (χ1n) is 6.41. The van der Waals surface area contributed by atoms with Crippen molar-refractivity contribution in [1.82, 2.24) is 4.90 Å². The number of methoxy groups -OCH3 is 1. The summed E-state index contributed by atoms with van der Waals surface area (Å²) in [5, 5.41) is 10.4. The number of rotatable bonds is 7. The van der Waals surface area contributed by atoms with Gasteiger partial charge in [0.05, 0.1) is 12.2 Å². The number of carbonyl (C=O) groups is 2. The molecule has 20 heavy (non-hydrogen) atoms. The van der Waals surface area contributed by atoms with Crippen LogP contribution in [0.15, 0.2) is 17.5 Å². The maximum Gasteiger partial charge on any atom is 0.328 e. The highest BCUT2D eigenvalue weighted by atomic mass is 32.1. The van der Waals surface area contributed by atoms with Crippen molar-refractivity contribution in [3.63, 3.8) is 0 Å². The van der Waals surface area contributed by atoms with E-state index in [1.165, 1.54) is 17.4 Å². The van der Waals surface area contributed by atoms with Crippen molar-refractivity contribution < 1.29 is 19.4 Å². The number of nitrogens with zero attached hydrogens (tertiary/aromatic N) is 1. The molecule has 0 atom stereocenters. The van der Waals surface area contributed by atoms with Crippen molar-refractivity contribution in [1.29, 1.82) is 0 Å². The molecule has 0 bridgehead atoms. The van der Waals surface area contributed by atoms with Crippen molar-refractivity contribution in [3.8, 4) is 0 Å². The smallest absolute Gasteiger partial charge is 0.328 e. The first kappa shape index (κ1) is 14.7. The van der Waals surface area contributed by atoms with Crippen LogP contribution in [-0.2, 0) is 9.53 Å². The lowest BCUT2D eigenvalue weighted by atomic mass is 10.2. The Hall–Kier alpha value is -1.66. The van der Waals surface area contributed by atoms with Gasteiger partial charge in [-0.05, 0) is 25.0 Å². The molecule has 2 rings (SSSR count). The molecule has 1 saturated carbocycles. The van der Waals surface area contributed by atoms with Gasteiger partial charge in [0, 0.05) is 36.0 Å². The number of hydrogen-bond acceptors (Lipinski definition) is 4. The maximum atomic E-state index is 12.4. The lowest BCUT2D eigenvalue weighted by molar-refractivity contribution is -0.131. The number of thiophene rings is 1. The van der Waals surface area contributed by atoms with E-state index in [2.05, 4.69) is 0 Å². The number of hydrogen-bond donors (Lipinski definition) is 1. The molecule has 1 aliphatic carbocycles. The molecule has 108 valence electrons. The van der Waals surface area contributed by atoms with Gasteiger partial charge in [-0.15, -0.1) is 11.3 Å². The van der Waals surface area contributed by atoms with Crippen molar-refractivity contribution in [2.75, 3.05) is 20.3 Å². The summed E-state index contributed by atoms with van der Waals surface area (Å²) in [5.41, 5.74) is 0.614. The van der Waals surface area contributed by atoms with Crippen molar-refractivity contribution in [3.05, 3.63) is 28.0 Å². The highest BCUT2D eigenvalue weighted by Crippen LogP contribution is 2.29. The van der Waals surface area contributed by atoms with Crippen LogP contribution in [0.2, 0.25) is 0 Å². The zero-order chi connectivity index (χ0) is 14.5. The molecule has 6 heteroatoms. The second-order valence-electron chi connectivity index (χ2n) is 4.63. The molecule has 1 aromatic heterocycles. The summed E-state index contributed by atoms with van der Waals surface area (Å²) >= 11 is 1.36. The predicted molar refractivity (Wildman–Crippen MR) is 76.9 cm³/mol. The average molecular weight is 295 g/mol. The van der Waals surface area contributed by atoms with Gasteiger partial charge < -0.3 is 14.7 Å². The van der Waals surface area contributed by atoms with Crippen molar-refractivity contribution >= 4 is 29.3 Å². The Kier molecular flexibility index (Phi) is 4.92. The number of carboxylic acids is 1. The lowest BCUT2D eigenvalue weighted by Gasteiger charge is -2.21. The van der Waals surface area contributed by atoms with E-state index in [0.29, 0.717) is 24.8 Å². The van der Waals surface area contributed by atoms with Gasteiger partial charge >= 0.3 is 5.97 Å². The molecule has 1 amide bonds. The Labute approximate surface area is 121 Å². The Balaban J connectivity index is 2.05. The molecular formula is C14H17NO4S. The fourth-order valence-electron chi connectivity index (χ4n) is 1.90. The van der Waals surface area contributed by atoms with Gasteiger partial charge in [-0.25, -0.2) is 4.79 Å². The third kappa shape index (κ3) is 3.91. The first-order chi connectivity index (χ1) is 9.61. The lowest BCUT2D eigenvalue weighted by Crippen LogP contribution is -2.35. The molecular weight excluding hydrogens is 278 g/mol. The molecule has 1 fully saturated rings. The molecule has 0 spiro atoms. The standard InChI is InChI=1S/C14H17NO4S/c1-19-7-6-15(11-2-3-11)14(18)10-8-12(20-9-10)4-5-13(16)17/h4-5,8-9,11H,2-3,6-7H2,1H3,(H,16,17). The summed E-state index contributed by atoms with van der Waals surface area (Å²) in [7, 11) is 1.62. The molecule has 0 radical (unpaired) electrons. The third-order valence-corrected chi connectivity index (χ3v) is 3.94. The second-order valence-corrected chi connectivity index (χ2v) is 5.57. The van der Waals surface area contributed by atoms with E-state index in [1.54, 1.807) is 18.6 Å². The van der Waals surface area contributed by atoms with E-state index in [4.69, 9.17) is 9.84 Å². The van der Waals surface area contributed by atoms with Crippen LogP contribution in [0.5, 0.6) is 0 Å².